The van der Waals surface area contributed by atoms with Crippen LogP contribution in [-0.4, -0.2) is 43.4 Å². The van der Waals surface area contributed by atoms with Gasteiger partial charge in [-0.25, -0.2) is 0 Å². The smallest absolute Gasteiger partial charge is 0.236 e. The van der Waals surface area contributed by atoms with E-state index in [9.17, 15) is 10.1 Å². The molecule has 1 heterocycles. The SMILES string of the molecule is C[C@H](Sc1nnc(C2CC2)n1-c1ccccc1)C(=O)N(C)C1(C#N)CCCCC1. The van der Waals surface area contributed by atoms with E-state index in [4.69, 9.17) is 0 Å². The Morgan fingerprint density at radius 1 is 1.24 bits per heavy atom. The Bertz CT molecular complexity index is 909. The van der Waals surface area contributed by atoms with Gasteiger partial charge in [0.15, 0.2) is 5.16 Å². The average Bonchev–Trinajstić information content (AvgIpc) is 3.54. The van der Waals surface area contributed by atoms with E-state index in [2.05, 4.69) is 20.8 Å². The quantitative estimate of drug-likeness (QED) is 0.665. The Hall–Kier alpha value is -2.33. The van der Waals surface area contributed by atoms with E-state index < -0.39 is 5.54 Å². The molecule has 0 spiro atoms. The summed E-state index contributed by atoms with van der Waals surface area (Å²) in [5.41, 5.74) is 0.354. The number of nitrogens with zero attached hydrogens (tertiary/aromatic N) is 5. The highest BCUT2D eigenvalue weighted by Crippen LogP contribution is 2.42. The topological polar surface area (TPSA) is 74.8 Å². The molecule has 0 N–H and O–H groups in total. The van der Waals surface area contributed by atoms with Crippen molar-refractivity contribution in [2.45, 2.75) is 73.7 Å². The first-order chi connectivity index (χ1) is 14.1. The van der Waals surface area contributed by atoms with Crippen LogP contribution < -0.4 is 0 Å². The Labute approximate surface area is 176 Å². The van der Waals surface area contributed by atoms with Gasteiger partial charge in [0.05, 0.1) is 11.3 Å². The molecule has 152 valence electrons. The molecule has 1 aromatic carbocycles. The van der Waals surface area contributed by atoms with Gasteiger partial charge in [0.2, 0.25) is 5.91 Å². The van der Waals surface area contributed by atoms with E-state index in [1.165, 1.54) is 11.8 Å². The van der Waals surface area contributed by atoms with Crippen molar-refractivity contribution in [3.8, 4) is 11.8 Å². The number of nitriles is 1. The van der Waals surface area contributed by atoms with Crippen LogP contribution in [0.2, 0.25) is 0 Å². The highest BCUT2D eigenvalue weighted by Gasteiger charge is 2.40. The minimum atomic E-state index is -0.670. The van der Waals surface area contributed by atoms with Gasteiger partial charge >= 0.3 is 0 Å². The summed E-state index contributed by atoms with van der Waals surface area (Å²) in [6, 6.07) is 12.5. The number of hydrogen-bond donors (Lipinski definition) is 0. The van der Waals surface area contributed by atoms with E-state index >= 15 is 0 Å². The molecule has 2 aliphatic rings. The standard InChI is InChI=1S/C22H27N5OS/c1-16(20(28)26(2)22(15-23)13-7-4-8-14-22)29-21-25-24-19(17-11-12-17)27(21)18-9-5-3-6-10-18/h3,5-6,9-10,16-17H,4,7-8,11-14H2,1-2H3/t16-/m0/s1. The summed E-state index contributed by atoms with van der Waals surface area (Å²) in [6.45, 7) is 1.90. The Balaban J connectivity index is 1.56. The highest BCUT2D eigenvalue weighted by atomic mass is 32.2. The van der Waals surface area contributed by atoms with E-state index in [0.717, 1.165) is 61.6 Å². The van der Waals surface area contributed by atoms with Gasteiger partial charge in [-0.15, -0.1) is 10.2 Å². The van der Waals surface area contributed by atoms with E-state index in [1.807, 2.05) is 37.3 Å². The Morgan fingerprint density at radius 3 is 2.55 bits per heavy atom. The molecule has 0 aliphatic heterocycles. The number of hydrogen-bond acceptors (Lipinski definition) is 5. The monoisotopic (exact) mass is 409 g/mol. The molecular weight excluding hydrogens is 382 g/mol. The van der Waals surface area contributed by atoms with Crippen LogP contribution in [0.25, 0.3) is 5.69 Å². The second kappa shape index (κ2) is 8.19. The minimum Gasteiger partial charge on any atom is -0.326 e. The van der Waals surface area contributed by atoms with Gasteiger partial charge in [-0.3, -0.25) is 9.36 Å². The molecule has 2 fully saturated rings. The maximum absolute atomic E-state index is 13.2. The molecule has 2 saturated carbocycles. The predicted octanol–water partition coefficient (Wildman–Crippen LogP) is 4.31. The lowest BCUT2D eigenvalue weighted by atomic mass is 9.81. The first-order valence-corrected chi connectivity index (χ1v) is 11.3. The van der Waals surface area contributed by atoms with Gasteiger partial charge in [-0.1, -0.05) is 49.2 Å². The third-order valence-electron chi connectivity index (χ3n) is 6.11. The molecule has 1 amide bonds. The van der Waals surface area contributed by atoms with Crippen LogP contribution in [0.5, 0.6) is 0 Å². The normalized spacial score (nSPS) is 19.3. The summed E-state index contributed by atoms with van der Waals surface area (Å²) in [7, 11) is 1.78. The predicted molar refractivity (Wildman–Crippen MR) is 113 cm³/mol. The first-order valence-electron chi connectivity index (χ1n) is 10.4. The molecule has 0 radical (unpaired) electrons. The first kappa shape index (κ1) is 20.0. The number of thioether (sulfide) groups is 1. The number of aromatic nitrogens is 3. The van der Waals surface area contributed by atoms with Gasteiger partial charge in [0.25, 0.3) is 0 Å². The van der Waals surface area contributed by atoms with Crippen LogP contribution in [0, 0.1) is 11.3 Å². The number of rotatable bonds is 6. The number of benzene rings is 1. The van der Waals surface area contributed by atoms with Gasteiger partial charge in [-0.2, -0.15) is 5.26 Å². The number of para-hydroxylation sites is 1. The molecule has 2 aliphatic carbocycles. The second-order valence-electron chi connectivity index (χ2n) is 8.15. The molecule has 0 saturated heterocycles. The van der Waals surface area contributed by atoms with E-state index in [0.29, 0.717) is 5.92 Å². The van der Waals surface area contributed by atoms with Crippen molar-refractivity contribution in [1.82, 2.24) is 19.7 Å². The van der Waals surface area contributed by atoms with Crippen molar-refractivity contribution in [1.29, 1.82) is 5.26 Å². The van der Waals surface area contributed by atoms with Crippen molar-refractivity contribution in [3.05, 3.63) is 36.2 Å². The van der Waals surface area contributed by atoms with Crippen LogP contribution in [0.1, 0.15) is 63.6 Å². The molecule has 7 heteroatoms. The fourth-order valence-electron chi connectivity index (χ4n) is 4.13. The van der Waals surface area contributed by atoms with Crippen LogP contribution in [-0.2, 0) is 4.79 Å². The maximum Gasteiger partial charge on any atom is 0.236 e. The lowest BCUT2D eigenvalue weighted by Crippen LogP contribution is -2.52. The van der Waals surface area contributed by atoms with Gasteiger partial charge < -0.3 is 4.90 Å². The van der Waals surface area contributed by atoms with Gasteiger partial charge in [0, 0.05) is 18.7 Å². The van der Waals surface area contributed by atoms with Crippen LogP contribution in [0.3, 0.4) is 0 Å². The highest BCUT2D eigenvalue weighted by molar-refractivity contribution is 8.00. The lowest BCUT2D eigenvalue weighted by molar-refractivity contribution is -0.133. The summed E-state index contributed by atoms with van der Waals surface area (Å²) in [6.07, 6.45) is 6.93. The lowest BCUT2D eigenvalue weighted by Gasteiger charge is -2.40. The molecule has 29 heavy (non-hydrogen) atoms. The maximum atomic E-state index is 13.2. The third-order valence-corrected chi connectivity index (χ3v) is 7.14. The average molecular weight is 410 g/mol. The van der Waals surface area contributed by atoms with E-state index in [-0.39, 0.29) is 11.2 Å². The van der Waals surface area contributed by atoms with Crippen molar-refractivity contribution < 1.29 is 4.79 Å². The molecular formula is C22H27N5OS. The van der Waals surface area contributed by atoms with E-state index in [1.54, 1.807) is 11.9 Å². The van der Waals surface area contributed by atoms with Gasteiger partial charge in [0.1, 0.15) is 11.4 Å². The second-order valence-corrected chi connectivity index (χ2v) is 9.46. The summed E-state index contributed by atoms with van der Waals surface area (Å²) in [4.78, 5) is 14.9. The molecule has 1 aromatic heterocycles. The summed E-state index contributed by atoms with van der Waals surface area (Å²) in [5, 5.41) is 19.1. The third kappa shape index (κ3) is 3.91. The molecule has 2 aromatic rings. The zero-order valence-electron chi connectivity index (χ0n) is 17.0. The van der Waals surface area contributed by atoms with Gasteiger partial charge in [-0.05, 0) is 44.7 Å². The number of carbonyl (C=O) groups is 1. The molecule has 0 bridgehead atoms. The minimum absolute atomic E-state index is 0.0194. The molecule has 1 atom stereocenters. The van der Waals surface area contributed by atoms with Crippen LogP contribution in [0.4, 0.5) is 0 Å². The largest absolute Gasteiger partial charge is 0.326 e. The summed E-state index contributed by atoms with van der Waals surface area (Å²) < 4.78 is 2.09. The fraction of sp³-hybridized carbons (Fsp3) is 0.545. The van der Waals surface area contributed by atoms with Crippen molar-refractivity contribution in [2.75, 3.05) is 7.05 Å². The number of carbonyl (C=O) groups excluding carboxylic acids is 1. The van der Waals surface area contributed by atoms with Crippen molar-refractivity contribution in [2.24, 2.45) is 0 Å². The Kier molecular flexibility index (Phi) is 5.64. The number of amides is 1. The van der Waals surface area contributed by atoms with Crippen LogP contribution in [0.15, 0.2) is 35.5 Å². The van der Waals surface area contributed by atoms with Crippen LogP contribution >= 0.6 is 11.8 Å². The molecule has 0 unspecified atom stereocenters. The molecule has 4 rings (SSSR count). The Morgan fingerprint density at radius 2 is 1.93 bits per heavy atom. The van der Waals surface area contributed by atoms with Crippen molar-refractivity contribution in [3.63, 3.8) is 0 Å². The fourth-order valence-corrected chi connectivity index (χ4v) is 5.10. The van der Waals surface area contributed by atoms with Crippen molar-refractivity contribution >= 4 is 17.7 Å². The zero-order valence-corrected chi connectivity index (χ0v) is 17.9. The molecule has 6 nitrogen and oxygen atoms in total. The summed E-state index contributed by atoms with van der Waals surface area (Å²) >= 11 is 1.43. The summed E-state index contributed by atoms with van der Waals surface area (Å²) in [5.74, 6) is 1.41. The zero-order chi connectivity index (χ0) is 20.4.